The van der Waals surface area contributed by atoms with Gasteiger partial charge < -0.3 is 14.2 Å². The van der Waals surface area contributed by atoms with Gasteiger partial charge in [-0.05, 0) is 30.7 Å². The highest BCUT2D eigenvalue weighted by Gasteiger charge is 2.40. The molecule has 1 N–H and O–H groups in total. The molecule has 220 valence electrons. The average Bonchev–Trinajstić information content (AvgIpc) is 3.58. The van der Waals surface area contributed by atoms with E-state index in [9.17, 15) is 35.5 Å². The van der Waals surface area contributed by atoms with Gasteiger partial charge >= 0.3 is 18.3 Å². The molecule has 2 aromatic heterocycles. The Kier molecular flexibility index (Phi) is 7.51. The van der Waals surface area contributed by atoms with E-state index in [-0.39, 0.29) is 36.4 Å². The van der Waals surface area contributed by atoms with Gasteiger partial charge in [-0.15, -0.1) is 0 Å². The fourth-order valence-corrected chi connectivity index (χ4v) is 4.31. The van der Waals surface area contributed by atoms with Crippen LogP contribution >= 0.6 is 0 Å². The summed E-state index contributed by atoms with van der Waals surface area (Å²) in [4.78, 5) is 20.4. The first kappa shape index (κ1) is 28.8. The maximum atomic E-state index is 14.3. The third kappa shape index (κ3) is 5.71. The SMILES string of the molecule is CCCOC(=O)C(c1cc(-c2ccc(C(F)(F)F)cc2C(F)(F)F)no1)N1Cc2[nH]c(-c3ccccc3F)nc2C=N1. The molecule has 1 aliphatic heterocycles. The molecular formula is C27H20F7N5O3. The van der Waals surface area contributed by atoms with E-state index in [1.165, 1.54) is 29.4 Å². The molecule has 3 heterocycles. The van der Waals surface area contributed by atoms with E-state index < -0.39 is 52.6 Å². The van der Waals surface area contributed by atoms with Crippen LogP contribution in [-0.4, -0.2) is 38.9 Å². The minimum Gasteiger partial charge on any atom is -0.464 e. The van der Waals surface area contributed by atoms with Crippen molar-refractivity contribution in [1.82, 2.24) is 20.1 Å². The molecule has 2 aromatic carbocycles. The van der Waals surface area contributed by atoms with Crippen molar-refractivity contribution in [2.24, 2.45) is 5.10 Å². The molecule has 0 bridgehead atoms. The minimum atomic E-state index is -5.15. The van der Waals surface area contributed by atoms with Gasteiger partial charge in [0.25, 0.3) is 0 Å². The van der Waals surface area contributed by atoms with Gasteiger partial charge in [0.15, 0.2) is 5.76 Å². The fraction of sp³-hybridized carbons (Fsp3) is 0.259. The van der Waals surface area contributed by atoms with Gasteiger partial charge in [0.05, 0.1) is 41.8 Å². The van der Waals surface area contributed by atoms with Crippen LogP contribution < -0.4 is 0 Å². The van der Waals surface area contributed by atoms with Crippen molar-refractivity contribution in [3.63, 3.8) is 0 Å². The van der Waals surface area contributed by atoms with Crippen molar-refractivity contribution in [3.8, 4) is 22.6 Å². The lowest BCUT2D eigenvalue weighted by atomic mass is 10.00. The number of hydrazone groups is 1. The summed E-state index contributed by atoms with van der Waals surface area (Å²) in [6.45, 7) is 1.67. The molecule has 5 rings (SSSR count). The van der Waals surface area contributed by atoms with Crippen LogP contribution in [0.1, 0.15) is 47.7 Å². The fourth-order valence-electron chi connectivity index (χ4n) is 4.31. The molecule has 15 heteroatoms. The Hall–Kier alpha value is -4.69. The predicted octanol–water partition coefficient (Wildman–Crippen LogP) is 6.75. The lowest BCUT2D eigenvalue weighted by Crippen LogP contribution is -2.33. The number of carbonyl (C=O) groups is 1. The molecule has 0 saturated carbocycles. The monoisotopic (exact) mass is 595 g/mol. The van der Waals surface area contributed by atoms with E-state index in [1.807, 2.05) is 0 Å². The Balaban J connectivity index is 1.50. The molecule has 0 saturated heterocycles. The first-order valence-electron chi connectivity index (χ1n) is 12.4. The number of benzene rings is 2. The quantitative estimate of drug-likeness (QED) is 0.188. The molecule has 1 aliphatic rings. The zero-order valence-electron chi connectivity index (χ0n) is 21.6. The number of H-pyrrole nitrogens is 1. The summed E-state index contributed by atoms with van der Waals surface area (Å²) in [6, 6.07) is 6.62. The zero-order chi connectivity index (χ0) is 30.2. The van der Waals surface area contributed by atoms with Gasteiger partial charge in [0.2, 0.25) is 6.04 Å². The predicted molar refractivity (Wildman–Crippen MR) is 133 cm³/mol. The van der Waals surface area contributed by atoms with Crippen molar-refractivity contribution in [1.29, 1.82) is 0 Å². The number of rotatable bonds is 7. The first-order valence-corrected chi connectivity index (χ1v) is 12.4. The van der Waals surface area contributed by atoms with Crippen LogP contribution in [0.2, 0.25) is 0 Å². The molecular weight excluding hydrogens is 575 g/mol. The number of fused-ring (bicyclic) bond motifs is 1. The number of esters is 1. The molecule has 0 aliphatic carbocycles. The number of halogens is 7. The Morgan fingerprint density at radius 2 is 1.83 bits per heavy atom. The summed E-state index contributed by atoms with van der Waals surface area (Å²) >= 11 is 0. The number of hydrogen-bond donors (Lipinski definition) is 1. The normalized spacial score (nSPS) is 14.1. The molecule has 0 spiro atoms. The van der Waals surface area contributed by atoms with E-state index in [4.69, 9.17) is 9.26 Å². The van der Waals surface area contributed by atoms with Crippen molar-refractivity contribution < 1.29 is 44.8 Å². The van der Waals surface area contributed by atoms with Crippen molar-refractivity contribution >= 4 is 12.2 Å². The van der Waals surface area contributed by atoms with E-state index in [0.717, 1.165) is 6.07 Å². The summed E-state index contributed by atoms with van der Waals surface area (Å²) in [6.07, 6.45) is -8.40. The summed E-state index contributed by atoms with van der Waals surface area (Å²) in [5, 5.41) is 9.06. The van der Waals surface area contributed by atoms with E-state index in [0.29, 0.717) is 29.9 Å². The van der Waals surface area contributed by atoms with Gasteiger partial charge in [-0.25, -0.2) is 14.2 Å². The van der Waals surface area contributed by atoms with Crippen LogP contribution in [-0.2, 0) is 28.4 Å². The number of aromatic nitrogens is 3. The Labute approximate surface area is 232 Å². The van der Waals surface area contributed by atoms with E-state index in [1.54, 1.807) is 13.0 Å². The number of ether oxygens (including phenoxy) is 1. The van der Waals surface area contributed by atoms with Gasteiger partial charge in [-0.3, -0.25) is 5.01 Å². The van der Waals surface area contributed by atoms with Crippen LogP contribution in [0.5, 0.6) is 0 Å². The molecule has 0 radical (unpaired) electrons. The number of nitrogens with one attached hydrogen (secondary N) is 1. The Bertz CT molecular complexity index is 1640. The molecule has 0 amide bonds. The highest BCUT2D eigenvalue weighted by atomic mass is 19.4. The molecule has 8 nitrogen and oxygen atoms in total. The smallest absolute Gasteiger partial charge is 0.417 e. The van der Waals surface area contributed by atoms with Gasteiger partial charge in [-0.2, -0.15) is 31.4 Å². The van der Waals surface area contributed by atoms with Crippen LogP contribution in [0.15, 0.2) is 58.2 Å². The van der Waals surface area contributed by atoms with Crippen molar-refractivity contribution in [3.05, 3.63) is 82.6 Å². The second kappa shape index (κ2) is 10.9. The maximum Gasteiger partial charge on any atom is 0.417 e. The highest BCUT2D eigenvalue weighted by molar-refractivity contribution is 5.82. The number of aromatic amines is 1. The van der Waals surface area contributed by atoms with Gasteiger partial charge in [-0.1, -0.05) is 30.3 Å². The van der Waals surface area contributed by atoms with Crippen molar-refractivity contribution in [2.45, 2.75) is 38.3 Å². The maximum absolute atomic E-state index is 14.3. The Morgan fingerprint density at radius 3 is 2.52 bits per heavy atom. The first-order chi connectivity index (χ1) is 19.9. The van der Waals surface area contributed by atoms with Gasteiger partial charge in [0, 0.05) is 11.6 Å². The topological polar surface area (TPSA) is 96.6 Å². The number of carbonyl (C=O) groups excluding carboxylic acids is 1. The third-order valence-electron chi connectivity index (χ3n) is 6.28. The molecule has 0 fully saturated rings. The van der Waals surface area contributed by atoms with Crippen LogP contribution in [0.3, 0.4) is 0 Å². The molecule has 1 unspecified atom stereocenters. The number of alkyl halides is 6. The average molecular weight is 595 g/mol. The molecule has 4 aromatic rings. The lowest BCUT2D eigenvalue weighted by Gasteiger charge is -2.27. The van der Waals surface area contributed by atoms with Crippen molar-refractivity contribution in [2.75, 3.05) is 6.61 Å². The summed E-state index contributed by atoms with van der Waals surface area (Å²) in [5.41, 5.74) is -3.20. The second-order valence-corrected chi connectivity index (χ2v) is 9.21. The highest BCUT2D eigenvalue weighted by Crippen LogP contribution is 2.41. The summed E-state index contributed by atoms with van der Waals surface area (Å²) in [7, 11) is 0. The standard InChI is InChI=1S/C27H20F7N5O3/c1-2-9-41-25(40)23(39-13-21-20(12-35-39)36-24(37-21)16-5-3-4-6-18(16)28)22-11-19(38-42-22)15-8-7-14(26(29,30)31)10-17(15)27(32,33)34/h3-8,10-12,23H,2,9,13H2,1H3,(H,36,37). The van der Waals surface area contributed by atoms with Gasteiger partial charge in [0.1, 0.15) is 23.0 Å². The number of nitrogens with zero attached hydrogens (tertiary/aromatic N) is 4. The van der Waals surface area contributed by atoms with Crippen LogP contribution in [0.4, 0.5) is 30.7 Å². The number of hydrogen-bond acceptors (Lipinski definition) is 7. The second-order valence-electron chi connectivity index (χ2n) is 9.21. The largest absolute Gasteiger partial charge is 0.464 e. The number of imidazole rings is 1. The summed E-state index contributed by atoms with van der Waals surface area (Å²) < 4.78 is 105. The van der Waals surface area contributed by atoms with E-state index in [2.05, 4.69) is 20.2 Å². The molecule has 1 atom stereocenters. The van der Waals surface area contributed by atoms with Crippen LogP contribution in [0.25, 0.3) is 22.6 Å². The Morgan fingerprint density at radius 1 is 1.07 bits per heavy atom. The zero-order valence-corrected chi connectivity index (χ0v) is 21.6. The van der Waals surface area contributed by atoms with E-state index >= 15 is 0 Å². The van der Waals surface area contributed by atoms with Crippen LogP contribution in [0, 0.1) is 5.82 Å². The summed E-state index contributed by atoms with van der Waals surface area (Å²) in [5.74, 6) is -1.44. The lowest BCUT2D eigenvalue weighted by molar-refractivity contribution is -0.151. The third-order valence-corrected chi connectivity index (χ3v) is 6.28. The molecule has 42 heavy (non-hydrogen) atoms. The minimum absolute atomic E-state index is 0.0117.